The van der Waals surface area contributed by atoms with E-state index in [0.717, 1.165) is 25.1 Å². The van der Waals surface area contributed by atoms with E-state index in [-0.39, 0.29) is 12.1 Å². The standard InChI is InChI=1S/C19H25F3N2O2/c1-18(2,3)26-17(25)24-11-13-8-12(13)9-16(24)7-6-15-5-4-14(10-23-15)19(20,21)22/h4-5,10,12-13,16H,6-9,11H2,1-3H3. The number of ether oxygens (including phenoxy) is 1. The summed E-state index contributed by atoms with van der Waals surface area (Å²) in [5.74, 6) is 1.24. The van der Waals surface area contributed by atoms with Gasteiger partial charge in [-0.05, 0) is 70.4 Å². The lowest BCUT2D eigenvalue weighted by Crippen LogP contribution is -2.47. The van der Waals surface area contributed by atoms with Gasteiger partial charge in [-0.15, -0.1) is 0 Å². The Hall–Kier alpha value is -1.79. The molecule has 7 heteroatoms. The van der Waals surface area contributed by atoms with Crippen LogP contribution < -0.4 is 0 Å². The Bertz CT molecular complexity index is 652. The van der Waals surface area contributed by atoms with E-state index in [1.54, 1.807) is 0 Å². The number of nitrogens with zero attached hydrogens (tertiary/aromatic N) is 2. The van der Waals surface area contributed by atoms with E-state index in [4.69, 9.17) is 4.74 Å². The van der Waals surface area contributed by atoms with Crippen molar-refractivity contribution in [2.75, 3.05) is 6.54 Å². The molecular formula is C19H25F3N2O2. The lowest BCUT2D eigenvalue weighted by molar-refractivity contribution is -0.137. The molecule has 1 aliphatic carbocycles. The first-order valence-corrected chi connectivity index (χ1v) is 9.04. The molecular weight excluding hydrogens is 345 g/mol. The van der Waals surface area contributed by atoms with E-state index < -0.39 is 17.3 Å². The molecule has 2 fully saturated rings. The fourth-order valence-corrected chi connectivity index (χ4v) is 3.57. The predicted octanol–water partition coefficient (Wildman–Crippen LogP) is 4.68. The van der Waals surface area contributed by atoms with Crippen LogP contribution in [0.1, 0.15) is 51.3 Å². The molecule has 0 bridgehead atoms. The number of hydrogen-bond acceptors (Lipinski definition) is 3. The number of rotatable bonds is 3. The van der Waals surface area contributed by atoms with Gasteiger partial charge in [0.2, 0.25) is 0 Å². The lowest BCUT2D eigenvalue weighted by Gasteiger charge is -2.36. The molecule has 26 heavy (non-hydrogen) atoms. The molecule has 1 aliphatic heterocycles. The van der Waals surface area contributed by atoms with Crippen LogP contribution in [0.25, 0.3) is 0 Å². The van der Waals surface area contributed by atoms with E-state index in [0.29, 0.717) is 36.9 Å². The summed E-state index contributed by atoms with van der Waals surface area (Å²) in [6, 6.07) is 2.53. The van der Waals surface area contributed by atoms with Crippen molar-refractivity contribution in [2.24, 2.45) is 11.8 Å². The number of aryl methyl sites for hydroxylation is 1. The first kappa shape index (κ1) is 19.0. The Morgan fingerprint density at radius 1 is 1.23 bits per heavy atom. The number of hydrogen-bond donors (Lipinski definition) is 0. The van der Waals surface area contributed by atoms with Crippen molar-refractivity contribution in [1.29, 1.82) is 0 Å². The third kappa shape index (κ3) is 4.68. The number of piperidine rings is 1. The Kier molecular flexibility index (Phi) is 4.92. The largest absolute Gasteiger partial charge is 0.444 e. The minimum atomic E-state index is -4.37. The Balaban J connectivity index is 1.62. The summed E-state index contributed by atoms with van der Waals surface area (Å²) in [7, 11) is 0. The molecule has 2 heterocycles. The minimum absolute atomic E-state index is 0.0534. The van der Waals surface area contributed by atoms with Crippen LogP contribution in [0.15, 0.2) is 18.3 Å². The SMILES string of the molecule is CC(C)(C)OC(=O)N1CC2CC2CC1CCc1ccc(C(F)(F)F)cn1. The summed E-state index contributed by atoms with van der Waals surface area (Å²) >= 11 is 0. The number of pyridine rings is 1. The monoisotopic (exact) mass is 370 g/mol. The van der Waals surface area contributed by atoms with Gasteiger partial charge in [0.05, 0.1) is 5.56 Å². The second kappa shape index (κ2) is 6.74. The molecule has 3 atom stereocenters. The summed E-state index contributed by atoms with van der Waals surface area (Å²) in [4.78, 5) is 18.3. The van der Waals surface area contributed by atoms with E-state index in [2.05, 4.69) is 4.98 Å². The van der Waals surface area contributed by atoms with Crippen LogP contribution >= 0.6 is 0 Å². The molecule has 0 radical (unpaired) electrons. The number of aromatic nitrogens is 1. The molecule has 1 aromatic heterocycles. The van der Waals surface area contributed by atoms with Crippen LogP contribution in [-0.4, -0.2) is 34.2 Å². The quantitative estimate of drug-likeness (QED) is 0.776. The third-order valence-electron chi connectivity index (χ3n) is 5.03. The first-order valence-electron chi connectivity index (χ1n) is 9.04. The van der Waals surface area contributed by atoms with Crippen molar-refractivity contribution in [3.05, 3.63) is 29.6 Å². The highest BCUT2D eigenvalue weighted by Gasteiger charge is 2.47. The molecule has 3 rings (SSSR count). The van der Waals surface area contributed by atoms with Gasteiger partial charge < -0.3 is 9.64 Å². The van der Waals surface area contributed by atoms with Gasteiger partial charge in [-0.3, -0.25) is 4.98 Å². The number of carbonyl (C=O) groups excluding carboxylic acids is 1. The average Bonchev–Trinajstić information content (AvgIpc) is 3.28. The van der Waals surface area contributed by atoms with Gasteiger partial charge in [-0.25, -0.2) is 4.79 Å². The molecule has 0 N–H and O–H groups in total. The highest BCUT2D eigenvalue weighted by Crippen LogP contribution is 2.48. The van der Waals surface area contributed by atoms with Crippen molar-refractivity contribution in [3.63, 3.8) is 0 Å². The van der Waals surface area contributed by atoms with E-state index in [9.17, 15) is 18.0 Å². The second-order valence-electron chi connectivity index (χ2n) is 8.35. The van der Waals surface area contributed by atoms with Crippen LogP contribution in [-0.2, 0) is 17.3 Å². The number of carbonyl (C=O) groups is 1. The van der Waals surface area contributed by atoms with Gasteiger partial charge in [0.15, 0.2) is 0 Å². The maximum absolute atomic E-state index is 12.6. The minimum Gasteiger partial charge on any atom is -0.444 e. The fourth-order valence-electron chi connectivity index (χ4n) is 3.57. The zero-order chi connectivity index (χ0) is 19.1. The van der Waals surface area contributed by atoms with Crippen molar-refractivity contribution in [3.8, 4) is 0 Å². The van der Waals surface area contributed by atoms with Crippen molar-refractivity contribution in [2.45, 2.75) is 64.3 Å². The number of alkyl halides is 3. The Morgan fingerprint density at radius 2 is 1.96 bits per heavy atom. The van der Waals surface area contributed by atoms with Crippen molar-refractivity contribution in [1.82, 2.24) is 9.88 Å². The topological polar surface area (TPSA) is 42.4 Å². The molecule has 0 aromatic carbocycles. The Labute approximate surface area is 151 Å². The normalized spacial score (nSPS) is 25.6. The van der Waals surface area contributed by atoms with E-state index >= 15 is 0 Å². The van der Waals surface area contributed by atoms with Gasteiger partial charge in [-0.2, -0.15) is 13.2 Å². The molecule has 3 unspecified atom stereocenters. The van der Waals surface area contributed by atoms with Crippen LogP contribution in [0.5, 0.6) is 0 Å². The fraction of sp³-hybridized carbons (Fsp3) is 0.684. The van der Waals surface area contributed by atoms with Gasteiger partial charge in [0, 0.05) is 24.5 Å². The summed E-state index contributed by atoms with van der Waals surface area (Å²) in [5.41, 5.74) is -0.674. The average molecular weight is 370 g/mol. The van der Waals surface area contributed by atoms with Crippen LogP contribution in [0.2, 0.25) is 0 Å². The van der Waals surface area contributed by atoms with Gasteiger partial charge in [0.1, 0.15) is 5.60 Å². The number of fused-ring (bicyclic) bond motifs is 1. The number of halogens is 3. The van der Waals surface area contributed by atoms with Gasteiger partial charge in [-0.1, -0.05) is 0 Å². The lowest BCUT2D eigenvalue weighted by atomic mass is 9.97. The molecule has 1 aromatic rings. The highest BCUT2D eigenvalue weighted by atomic mass is 19.4. The van der Waals surface area contributed by atoms with E-state index in [1.807, 2.05) is 25.7 Å². The Morgan fingerprint density at radius 3 is 2.54 bits per heavy atom. The zero-order valence-corrected chi connectivity index (χ0v) is 15.3. The molecule has 1 amide bonds. The molecule has 144 valence electrons. The molecule has 1 saturated heterocycles. The summed E-state index contributed by atoms with van der Waals surface area (Å²) in [5, 5.41) is 0. The van der Waals surface area contributed by atoms with Crippen LogP contribution in [0.4, 0.5) is 18.0 Å². The van der Waals surface area contributed by atoms with E-state index in [1.165, 1.54) is 6.07 Å². The van der Waals surface area contributed by atoms with Crippen molar-refractivity contribution >= 4 is 6.09 Å². The summed E-state index contributed by atoms with van der Waals surface area (Å²) < 4.78 is 43.4. The second-order valence-corrected chi connectivity index (χ2v) is 8.35. The van der Waals surface area contributed by atoms with Crippen LogP contribution in [0, 0.1) is 11.8 Å². The molecule has 1 saturated carbocycles. The summed E-state index contributed by atoms with van der Waals surface area (Å²) in [6.45, 7) is 6.24. The molecule has 0 spiro atoms. The molecule has 2 aliphatic rings. The highest BCUT2D eigenvalue weighted by molar-refractivity contribution is 5.69. The summed E-state index contributed by atoms with van der Waals surface area (Å²) in [6.07, 6.45) is -0.491. The molecule has 4 nitrogen and oxygen atoms in total. The first-order chi connectivity index (χ1) is 12.0. The maximum atomic E-state index is 12.6. The van der Waals surface area contributed by atoms with Crippen molar-refractivity contribution < 1.29 is 22.7 Å². The van der Waals surface area contributed by atoms with Gasteiger partial charge >= 0.3 is 12.3 Å². The van der Waals surface area contributed by atoms with Gasteiger partial charge in [0.25, 0.3) is 0 Å². The number of likely N-dealkylation sites (tertiary alicyclic amines) is 1. The number of amides is 1. The maximum Gasteiger partial charge on any atom is 0.417 e. The third-order valence-corrected chi connectivity index (χ3v) is 5.03. The van der Waals surface area contributed by atoms with Crippen LogP contribution in [0.3, 0.4) is 0 Å². The zero-order valence-electron chi connectivity index (χ0n) is 15.3. The predicted molar refractivity (Wildman–Crippen MR) is 90.5 cm³/mol. The smallest absolute Gasteiger partial charge is 0.417 e.